The number of thioether (sulfide) groups is 1. The molecule has 110 valence electrons. The molecular formula is C14H18NO4S-. The van der Waals surface area contributed by atoms with Crippen molar-refractivity contribution >= 4 is 23.6 Å². The number of carboxylic acids is 1. The van der Waals surface area contributed by atoms with Crippen LogP contribution in [0.2, 0.25) is 0 Å². The third-order valence-electron chi connectivity index (χ3n) is 2.68. The third-order valence-corrected chi connectivity index (χ3v) is 3.33. The molecule has 0 heterocycles. The highest BCUT2D eigenvalue weighted by Crippen LogP contribution is 2.15. The van der Waals surface area contributed by atoms with E-state index < -0.39 is 17.9 Å². The predicted octanol–water partition coefficient (Wildman–Crippen LogP) is 0.362. The molecule has 1 aromatic rings. The van der Waals surface area contributed by atoms with Crippen molar-refractivity contribution < 1.29 is 19.4 Å². The molecule has 0 saturated carbocycles. The van der Waals surface area contributed by atoms with Gasteiger partial charge in [-0.15, -0.1) is 0 Å². The highest BCUT2D eigenvalue weighted by molar-refractivity contribution is 7.98. The average Bonchev–Trinajstić information content (AvgIpc) is 2.42. The molecule has 20 heavy (non-hydrogen) atoms. The number of hydrogen-bond donors (Lipinski definition) is 1. The zero-order valence-corrected chi connectivity index (χ0v) is 12.4. The molecule has 0 aliphatic rings. The van der Waals surface area contributed by atoms with Crippen LogP contribution in [0.25, 0.3) is 0 Å². The second kappa shape index (κ2) is 8.47. The highest BCUT2D eigenvalue weighted by atomic mass is 32.2. The third kappa shape index (κ3) is 5.52. The molecule has 0 radical (unpaired) electrons. The van der Waals surface area contributed by atoms with Crippen molar-refractivity contribution in [2.24, 2.45) is 0 Å². The fraction of sp³-hybridized carbons (Fsp3) is 0.429. The number of carbonyl (C=O) groups excluding carboxylic acids is 2. The van der Waals surface area contributed by atoms with Gasteiger partial charge in [0.2, 0.25) is 0 Å². The Morgan fingerprint density at radius 1 is 1.40 bits per heavy atom. The smallest absolute Gasteiger partial charge is 0.258 e. The number of carbonyl (C=O) groups is 2. The maximum absolute atomic E-state index is 11.7. The lowest BCUT2D eigenvalue weighted by molar-refractivity contribution is -0.308. The molecule has 0 aliphatic heterocycles. The van der Waals surface area contributed by atoms with E-state index in [1.165, 1.54) is 11.8 Å². The minimum atomic E-state index is -1.27. The molecule has 0 aromatic heterocycles. The van der Waals surface area contributed by atoms with E-state index in [2.05, 4.69) is 5.32 Å². The Balaban J connectivity index is 2.46. The lowest BCUT2D eigenvalue weighted by atomic mass is 10.2. The number of para-hydroxylation sites is 1. The van der Waals surface area contributed by atoms with E-state index in [0.29, 0.717) is 17.9 Å². The first-order chi connectivity index (χ1) is 9.54. The monoisotopic (exact) mass is 296 g/mol. The first-order valence-electron chi connectivity index (χ1n) is 6.22. The number of amides is 1. The van der Waals surface area contributed by atoms with E-state index in [4.69, 9.17) is 4.74 Å². The van der Waals surface area contributed by atoms with Gasteiger partial charge in [-0.25, -0.2) is 0 Å². The van der Waals surface area contributed by atoms with Crippen molar-refractivity contribution in [3.63, 3.8) is 0 Å². The van der Waals surface area contributed by atoms with Crippen LogP contribution in [-0.2, 0) is 9.59 Å². The largest absolute Gasteiger partial charge is 0.548 e. The second-order valence-electron chi connectivity index (χ2n) is 4.27. The highest BCUT2D eigenvalue weighted by Gasteiger charge is 2.13. The molecule has 0 spiro atoms. The van der Waals surface area contributed by atoms with Gasteiger partial charge < -0.3 is 20.0 Å². The van der Waals surface area contributed by atoms with Crippen LogP contribution in [0.15, 0.2) is 24.3 Å². The van der Waals surface area contributed by atoms with E-state index in [-0.39, 0.29) is 6.61 Å². The summed E-state index contributed by atoms with van der Waals surface area (Å²) in [4.78, 5) is 22.6. The summed E-state index contributed by atoms with van der Waals surface area (Å²) in [7, 11) is 0. The molecule has 0 bridgehead atoms. The molecule has 1 atom stereocenters. The van der Waals surface area contributed by atoms with Gasteiger partial charge in [0, 0.05) is 0 Å². The SMILES string of the molecule is CSCC[C@H](NC(=O)COc1ccccc1C)C(=O)[O-]. The van der Waals surface area contributed by atoms with Gasteiger partial charge in [0.15, 0.2) is 6.61 Å². The number of rotatable bonds is 8. The summed E-state index contributed by atoms with van der Waals surface area (Å²) in [6.07, 6.45) is 2.20. The molecule has 1 rings (SSSR count). The lowest BCUT2D eigenvalue weighted by Gasteiger charge is -2.19. The van der Waals surface area contributed by atoms with Crippen molar-refractivity contribution in [3.05, 3.63) is 29.8 Å². The minimum Gasteiger partial charge on any atom is -0.548 e. The number of carboxylic acid groups (broad SMARTS) is 1. The van der Waals surface area contributed by atoms with Crippen molar-refractivity contribution in [3.8, 4) is 5.75 Å². The maximum atomic E-state index is 11.7. The van der Waals surface area contributed by atoms with Crippen molar-refractivity contribution in [2.45, 2.75) is 19.4 Å². The van der Waals surface area contributed by atoms with Gasteiger partial charge in [-0.2, -0.15) is 11.8 Å². The van der Waals surface area contributed by atoms with Gasteiger partial charge in [-0.1, -0.05) is 18.2 Å². The Bertz CT molecular complexity index is 464. The Morgan fingerprint density at radius 3 is 2.70 bits per heavy atom. The molecule has 0 unspecified atom stereocenters. The van der Waals surface area contributed by atoms with Gasteiger partial charge in [-0.3, -0.25) is 4.79 Å². The van der Waals surface area contributed by atoms with E-state index >= 15 is 0 Å². The van der Waals surface area contributed by atoms with Gasteiger partial charge in [0.05, 0.1) is 12.0 Å². The molecule has 5 nitrogen and oxygen atoms in total. The minimum absolute atomic E-state index is 0.214. The number of ether oxygens (including phenoxy) is 1. The normalized spacial score (nSPS) is 11.7. The second-order valence-corrected chi connectivity index (χ2v) is 5.26. The van der Waals surface area contributed by atoms with E-state index in [0.717, 1.165) is 5.56 Å². The summed E-state index contributed by atoms with van der Waals surface area (Å²) in [5, 5.41) is 13.3. The van der Waals surface area contributed by atoms with Crippen LogP contribution < -0.4 is 15.2 Å². The Hall–Kier alpha value is -1.69. The van der Waals surface area contributed by atoms with Crippen molar-refractivity contribution in [1.29, 1.82) is 0 Å². The molecule has 6 heteroatoms. The molecule has 1 amide bonds. The fourth-order valence-electron chi connectivity index (χ4n) is 1.58. The Kier molecular flexibility index (Phi) is 6.93. The van der Waals surface area contributed by atoms with Crippen molar-refractivity contribution in [2.75, 3.05) is 18.6 Å². The topological polar surface area (TPSA) is 78.5 Å². The predicted molar refractivity (Wildman–Crippen MR) is 76.6 cm³/mol. The summed E-state index contributed by atoms with van der Waals surface area (Å²) < 4.78 is 5.35. The first kappa shape index (κ1) is 16.4. The van der Waals surface area contributed by atoms with Gasteiger partial charge >= 0.3 is 0 Å². The number of nitrogens with one attached hydrogen (secondary N) is 1. The van der Waals surface area contributed by atoms with Crippen LogP contribution in [0.5, 0.6) is 5.75 Å². The van der Waals surface area contributed by atoms with Crippen LogP contribution >= 0.6 is 11.8 Å². The molecule has 1 N–H and O–H groups in total. The summed E-state index contributed by atoms with van der Waals surface area (Å²) in [5.41, 5.74) is 0.916. The van der Waals surface area contributed by atoms with Crippen LogP contribution in [0, 0.1) is 6.92 Å². The molecule has 0 fully saturated rings. The maximum Gasteiger partial charge on any atom is 0.258 e. The van der Waals surface area contributed by atoms with Crippen LogP contribution in [0.1, 0.15) is 12.0 Å². The number of aliphatic carboxylic acids is 1. The lowest BCUT2D eigenvalue weighted by Crippen LogP contribution is -2.49. The van der Waals surface area contributed by atoms with Crippen LogP contribution in [0.4, 0.5) is 0 Å². The first-order valence-corrected chi connectivity index (χ1v) is 7.61. The van der Waals surface area contributed by atoms with E-state index in [1.807, 2.05) is 31.4 Å². The van der Waals surface area contributed by atoms with Crippen molar-refractivity contribution in [1.82, 2.24) is 5.32 Å². The van der Waals surface area contributed by atoms with E-state index in [9.17, 15) is 14.7 Å². The quantitative estimate of drug-likeness (QED) is 0.749. The molecule has 1 aromatic carbocycles. The molecule has 0 saturated heterocycles. The van der Waals surface area contributed by atoms with Crippen LogP contribution in [0.3, 0.4) is 0 Å². The summed E-state index contributed by atoms with van der Waals surface area (Å²) in [6.45, 7) is 1.66. The zero-order valence-electron chi connectivity index (χ0n) is 11.5. The van der Waals surface area contributed by atoms with Gasteiger partial charge in [0.1, 0.15) is 5.75 Å². The molecular weight excluding hydrogens is 278 g/mol. The number of benzene rings is 1. The summed E-state index contributed by atoms with van der Waals surface area (Å²) in [5.74, 6) is -0.499. The van der Waals surface area contributed by atoms with Gasteiger partial charge in [0.25, 0.3) is 5.91 Å². The van der Waals surface area contributed by atoms with Gasteiger partial charge in [-0.05, 0) is 37.0 Å². The van der Waals surface area contributed by atoms with Crippen LogP contribution in [-0.4, -0.2) is 36.5 Å². The molecule has 0 aliphatic carbocycles. The number of aryl methyl sites for hydroxylation is 1. The Morgan fingerprint density at radius 2 is 2.10 bits per heavy atom. The summed E-state index contributed by atoms with van der Waals surface area (Å²) in [6, 6.07) is 6.33. The Labute approximate surface area is 122 Å². The zero-order chi connectivity index (χ0) is 15.0. The fourth-order valence-corrected chi connectivity index (χ4v) is 2.05. The van der Waals surface area contributed by atoms with E-state index in [1.54, 1.807) is 6.07 Å². The number of hydrogen-bond acceptors (Lipinski definition) is 5. The summed E-state index contributed by atoms with van der Waals surface area (Å²) >= 11 is 1.51. The standard InChI is InChI=1S/C14H19NO4S/c1-10-5-3-4-6-12(10)19-9-13(16)15-11(14(17)18)7-8-20-2/h3-6,11H,7-9H2,1-2H3,(H,15,16)(H,17,18)/p-1/t11-/m0/s1. The average molecular weight is 296 g/mol.